The van der Waals surface area contributed by atoms with Gasteiger partial charge in [-0.25, -0.2) is 4.79 Å². The minimum absolute atomic E-state index is 0.189. The fraction of sp³-hybridized carbons (Fsp3) is 0.850. The highest BCUT2D eigenvalue weighted by atomic mass is 16.6. The SMILES string of the molecule is CNCC[C@H](CC1=CCN(C(=O)OC(C)(C)C)CC1)N1CCCCC1. The van der Waals surface area contributed by atoms with E-state index in [1.807, 2.05) is 32.7 Å². The molecule has 0 aromatic carbocycles. The largest absolute Gasteiger partial charge is 0.444 e. The molecule has 1 saturated heterocycles. The van der Waals surface area contributed by atoms with Gasteiger partial charge in [0.05, 0.1) is 0 Å². The number of carbonyl (C=O) groups excluding carboxylic acids is 1. The quantitative estimate of drug-likeness (QED) is 0.745. The van der Waals surface area contributed by atoms with Crippen molar-refractivity contribution in [1.29, 1.82) is 0 Å². The molecule has 2 rings (SSSR count). The van der Waals surface area contributed by atoms with Gasteiger partial charge in [-0.1, -0.05) is 18.1 Å². The third-order valence-electron chi connectivity index (χ3n) is 5.09. The highest BCUT2D eigenvalue weighted by Gasteiger charge is 2.26. The standard InChI is InChI=1S/C20H37N3O2/c1-20(2,3)25-19(24)23-14-9-17(10-15-23)16-18(8-11-21-4)22-12-6-5-7-13-22/h9,18,21H,5-8,10-16H2,1-4H3/t18-/m1/s1. The average molecular weight is 352 g/mol. The zero-order valence-electron chi connectivity index (χ0n) is 16.6. The van der Waals surface area contributed by atoms with Crippen molar-refractivity contribution in [2.45, 2.75) is 70.9 Å². The fourth-order valence-electron chi connectivity index (χ4n) is 3.70. The van der Waals surface area contributed by atoms with Crippen LogP contribution in [-0.2, 0) is 4.74 Å². The Hall–Kier alpha value is -1.07. The predicted molar refractivity (Wildman–Crippen MR) is 103 cm³/mol. The number of ether oxygens (including phenoxy) is 1. The molecule has 5 nitrogen and oxygen atoms in total. The van der Waals surface area contributed by atoms with Gasteiger partial charge in [0, 0.05) is 19.1 Å². The first kappa shape index (κ1) is 20.2. The van der Waals surface area contributed by atoms with E-state index >= 15 is 0 Å². The summed E-state index contributed by atoms with van der Waals surface area (Å²) in [5.41, 5.74) is 1.08. The van der Waals surface area contributed by atoms with Crippen LogP contribution in [0.3, 0.4) is 0 Å². The van der Waals surface area contributed by atoms with Crippen molar-refractivity contribution in [3.05, 3.63) is 11.6 Å². The minimum atomic E-state index is -0.423. The number of hydrogen-bond acceptors (Lipinski definition) is 4. The topological polar surface area (TPSA) is 44.8 Å². The molecule has 1 amide bonds. The highest BCUT2D eigenvalue weighted by molar-refractivity contribution is 5.68. The van der Waals surface area contributed by atoms with E-state index in [1.165, 1.54) is 44.3 Å². The van der Waals surface area contributed by atoms with E-state index in [-0.39, 0.29) is 6.09 Å². The van der Waals surface area contributed by atoms with E-state index in [2.05, 4.69) is 16.3 Å². The summed E-state index contributed by atoms with van der Waals surface area (Å²) < 4.78 is 5.48. The maximum absolute atomic E-state index is 12.2. The summed E-state index contributed by atoms with van der Waals surface area (Å²) in [5.74, 6) is 0. The van der Waals surface area contributed by atoms with Gasteiger partial charge in [-0.15, -0.1) is 0 Å². The van der Waals surface area contributed by atoms with Crippen LogP contribution in [0.2, 0.25) is 0 Å². The van der Waals surface area contributed by atoms with Crippen LogP contribution in [0, 0.1) is 0 Å². The van der Waals surface area contributed by atoms with Gasteiger partial charge >= 0.3 is 6.09 Å². The Morgan fingerprint density at radius 2 is 1.96 bits per heavy atom. The Morgan fingerprint density at radius 3 is 2.52 bits per heavy atom. The summed E-state index contributed by atoms with van der Waals surface area (Å²) in [5, 5.41) is 3.30. The molecule has 144 valence electrons. The summed E-state index contributed by atoms with van der Waals surface area (Å²) in [6, 6.07) is 0.632. The molecule has 0 aromatic heterocycles. The van der Waals surface area contributed by atoms with E-state index < -0.39 is 5.60 Å². The van der Waals surface area contributed by atoms with E-state index in [0.29, 0.717) is 12.6 Å². The van der Waals surface area contributed by atoms with Gasteiger partial charge in [-0.2, -0.15) is 0 Å². The molecule has 0 aliphatic carbocycles. The molecule has 0 aromatic rings. The van der Waals surface area contributed by atoms with Gasteiger partial charge in [0.1, 0.15) is 5.60 Å². The fourth-order valence-corrected chi connectivity index (χ4v) is 3.70. The Balaban J connectivity index is 1.88. The number of rotatable bonds is 6. The third kappa shape index (κ3) is 6.98. The molecule has 5 heteroatoms. The van der Waals surface area contributed by atoms with Crippen LogP contribution in [0.15, 0.2) is 11.6 Å². The number of nitrogens with zero attached hydrogens (tertiary/aromatic N) is 2. The van der Waals surface area contributed by atoms with Crippen LogP contribution in [0.25, 0.3) is 0 Å². The zero-order chi connectivity index (χ0) is 18.3. The second-order valence-electron chi connectivity index (χ2n) is 8.39. The summed E-state index contributed by atoms with van der Waals surface area (Å²) in [4.78, 5) is 16.7. The van der Waals surface area contributed by atoms with Crippen LogP contribution in [0.1, 0.15) is 59.3 Å². The molecule has 2 aliphatic rings. The van der Waals surface area contributed by atoms with Gasteiger partial charge in [-0.05, 0) is 79.6 Å². The third-order valence-corrected chi connectivity index (χ3v) is 5.09. The van der Waals surface area contributed by atoms with Crippen molar-refractivity contribution in [3.8, 4) is 0 Å². The Labute approximate surface area is 153 Å². The molecular formula is C20H37N3O2. The van der Waals surface area contributed by atoms with Gasteiger partial charge in [-0.3, -0.25) is 0 Å². The summed E-state index contributed by atoms with van der Waals surface area (Å²) in [6.07, 6.45) is 9.43. The molecular weight excluding hydrogens is 314 g/mol. The Kier molecular flexibility index (Phi) is 7.76. The number of piperidine rings is 1. The molecule has 1 N–H and O–H groups in total. The van der Waals surface area contributed by atoms with E-state index in [0.717, 1.165) is 25.9 Å². The van der Waals surface area contributed by atoms with E-state index in [9.17, 15) is 4.79 Å². The number of likely N-dealkylation sites (tertiary alicyclic amines) is 1. The van der Waals surface area contributed by atoms with Crippen LogP contribution in [0.5, 0.6) is 0 Å². The molecule has 0 bridgehead atoms. The first-order chi connectivity index (χ1) is 11.9. The molecule has 1 atom stereocenters. The van der Waals surface area contributed by atoms with Crippen molar-refractivity contribution in [2.75, 3.05) is 39.8 Å². The number of carbonyl (C=O) groups is 1. The first-order valence-electron chi connectivity index (χ1n) is 9.93. The van der Waals surface area contributed by atoms with Crippen molar-refractivity contribution < 1.29 is 9.53 Å². The molecule has 2 aliphatic heterocycles. The molecule has 2 heterocycles. The van der Waals surface area contributed by atoms with Crippen molar-refractivity contribution >= 4 is 6.09 Å². The van der Waals surface area contributed by atoms with Crippen molar-refractivity contribution in [3.63, 3.8) is 0 Å². The number of amides is 1. The van der Waals surface area contributed by atoms with Gasteiger partial charge in [0.25, 0.3) is 0 Å². The van der Waals surface area contributed by atoms with Crippen molar-refractivity contribution in [1.82, 2.24) is 15.1 Å². The lowest BCUT2D eigenvalue weighted by atomic mass is 9.95. The second-order valence-corrected chi connectivity index (χ2v) is 8.39. The molecule has 0 unspecified atom stereocenters. The van der Waals surface area contributed by atoms with Crippen LogP contribution < -0.4 is 5.32 Å². The first-order valence-corrected chi connectivity index (χ1v) is 9.93. The second kappa shape index (κ2) is 9.58. The lowest BCUT2D eigenvalue weighted by Gasteiger charge is -2.36. The van der Waals surface area contributed by atoms with Crippen molar-refractivity contribution in [2.24, 2.45) is 0 Å². The van der Waals surface area contributed by atoms with Crippen LogP contribution in [-0.4, -0.2) is 67.3 Å². The van der Waals surface area contributed by atoms with Gasteiger partial charge < -0.3 is 19.9 Å². The zero-order valence-corrected chi connectivity index (χ0v) is 16.6. The molecule has 1 fully saturated rings. The monoisotopic (exact) mass is 351 g/mol. The molecule has 0 radical (unpaired) electrons. The molecule has 0 saturated carbocycles. The smallest absolute Gasteiger partial charge is 0.410 e. The number of hydrogen-bond donors (Lipinski definition) is 1. The lowest BCUT2D eigenvalue weighted by molar-refractivity contribution is 0.0264. The highest BCUT2D eigenvalue weighted by Crippen LogP contribution is 2.24. The van der Waals surface area contributed by atoms with Gasteiger partial charge in [0.2, 0.25) is 0 Å². The Bertz CT molecular complexity index is 450. The summed E-state index contributed by atoms with van der Waals surface area (Å²) >= 11 is 0. The Morgan fingerprint density at radius 1 is 1.24 bits per heavy atom. The molecule has 0 spiro atoms. The van der Waals surface area contributed by atoms with E-state index in [4.69, 9.17) is 4.74 Å². The average Bonchev–Trinajstić information content (AvgIpc) is 2.58. The number of nitrogens with one attached hydrogen (secondary N) is 1. The maximum Gasteiger partial charge on any atom is 0.410 e. The lowest BCUT2D eigenvalue weighted by Crippen LogP contribution is -2.42. The van der Waals surface area contributed by atoms with Gasteiger partial charge in [0.15, 0.2) is 0 Å². The van der Waals surface area contributed by atoms with Crippen LogP contribution >= 0.6 is 0 Å². The minimum Gasteiger partial charge on any atom is -0.444 e. The summed E-state index contributed by atoms with van der Waals surface area (Å²) in [7, 11) is 2.03. The van der Waals surface area contributed by atoms with E-state index in [1.54, 1.807) is 0 Å². The maximum atomic E-state index is 12.2. The molecule has 25 heavy (non-hydrogen) atoms. The normalized spacial score (nSPS) is 21.0. The summed E-state index contributed by atoms with van der Waals surface area (Å²) in [6.45, 7) is 10.8. The van der Waals surface area contributed by atoms with Crippen LogP contribution in [0.4, 0.5) is 4.79 Å². The predicted octanol–water partition coefficient (Wildman–Crippen LogP) is 3.41.